The average Bonchev–Trinajstić information content (AvgIpc) is 3.30. The third-order valence-electron chi connectivity index (χ3n) is 13.3. The van der Waals surface area contributed by atoms with E-state index >= 15 is 0 Å². The van der Waals surface area contributed by atoms with Gasteiger partial charge in [0.05, 0.1) is 56.2 Å². The quantitative estimate of drug-likeness (QED) is 0.169. The van der Waals surface area contributed by atoms with Crippen LogP contribution in [0.1, 0.15) is 67.2 Å². The molecule has 0 amide bonds. The molecule has 0 saturated carbocycles. The van der Waals surface area contributed by atoms with Gasteiger partial charge in [0.15, 0.2) is 18.4 Å². The lowest BCUT2D eigenvalue weighted by molar-refractivity contribution is -0.304. The molecule has 17 atom stereocenters. The zero-order valence-corrected chi connectivity index (χ0v) is 40.7. The molecule has 374 valence electrons. The Hall–Kier alpha value is -3.78. The van der Waals surface area contributed by atoms with E-state index in [1.165, 1.54) is 20.3 Å². The molecular formula is C51H75NO15. The number of esters is 1. The molecule has 5 rings (SSSR count). The van der Waals surface area contributed by atoms with Crippen molar-refractivity contribution in [2.75, 3.05) is 41.5 Å². The van der Waals surface area contributed by atoms with Crippen molar-refractivity contribution in [1.29, 1.82) is 0 Å². The van der Waals surface area contributed by atoms with Crippen LogP contribution in [0.25, 0.3) is 0 Å². The predicted molar refractivity (Wildman–Crippen MR) is 248 cm³/mol. The molecule has 0 unspecified atom stereocenters. The Balaban J connectivity index is 1.43. The van der Waals surface area contributed by atoms with Crippen LogP contribution < -0.4 is 9.47 Å². The van der Waals surface area contributed by atoms with E-state index < -0.39 is 116 Å². The number of rotatable bonds is 15. The lowest BCUT2D eigenvalue weighted by Crippen LogP contribution is -2.63. The lowest BCUT2D eigenvalue weighted by atomic mass is 9.79. The van der Waals surface area contributed by atoms with Gasteiger partial charge in [0, 0.05) is 32.0 Å². The Labute approximate surface area is 396 Å². The highest BCUT2D eigenvalue weighted by atomic mass is 16.7. The van der Waals surface area contributed by atoms with Crippen LogP contribution in [0.15, 0.2) is 78.4 Å². The highest BCUT2D eigenvalue weighted by Gasteiger charge is 2.48. The number of aliphatic hydroxyl groups excluding tert-OH is 4. The molecule has 3 heterocycles. The number of likely N-dealkylation sites (N-methyl/N-ethyl adjacent to an activating group) is 1. The van der Waals surface area contributed by atoms with E-state index in [0.717, 1.165) is 5.57 Å². The molecule has 3 aliphatic rings. The van der Waals surface area contributed by atoms with Gasteiger partial charge in [-0.15, -0.1) is 0 Å². The van der Waals surface area contributed by atoms with Crippen LogP contribution in [-0.2, 0) is 42.7 Å². The van der Waals surface area contributed by atoms with E-state index in [1.807, 2.05) is 69.3 Å². The summed E-state index contributed by atoms with van der Waals surface area (Å²) in [7, 11) is 6.45. The highest BCUT2D eigenvalue weighted by molar-refractivity contribution is 5.91. The van der Waals surface area contributed by atoms with Crippen LogP contribution in [0.3, 0.4) is 0 Å². The molecule has 2 aromatic carbocycles. The van der Waals surface area contributed by atoms with E-state index in [9.17, 15) is 30.0 Å². The van der Waals surface area contributed by atoms with Crippen molar-refractivity contribution in [3.63, 3.8) is 0 Å². The zero-order valence-electron chi connectivity index (χ0n) is 40.7. The first-order valence-electron chi connectivity index (χ1n) is 23.5. The summed E-state index contributed by atoms with van der Waals surface area (Å²) in [5.74, 6) is -1.17. The van der Waals surface area contributed by atoms with Crippen LogP contribution in [0.5, 0.6) is 17.2 Å². The summed E-state index contributed by atoms with van der Waals surface area (Å²) in [6.07, 6.45) is -5.37. The van der Waals surface area contributed by atoms with Crippen molar-refractivity contribution in [2.24, 2.45) is 23.7 Å². The van der Waals surface area contributed by atoms with Gasteiger partial charge in [0.2, 0.25) is 0 Å². The molecule has 0 bridgehead atoms. The highest BCUT2D eigenvalue weighted by Crippen LogP contribution is 2.36. The first-order chi connectivity index (χ1) is 31.9. The summed E-state index contributed by atoms with van der Waals surface area (Å²) < 4.78 is 54.7. The minimum Gasteiger partial charge on any atom is -0.494 e. The second-order valence-corrected chi connectivity index (χ2v) is 18.5. The number of methoxy groups -OCH3 is 2. The van der Waals surface area contributed by atoms with Gasteiger partial charge in [-0.05, 0) is 103 Å². The molecule has 0 aliphatic carbocycles. The Kier molecular flexibility index (Phi) is 20.8. The second-order valence-electron chi connectivity index (χ2n) is 18.5. The van der Waals surface area contributed by atoms with Crippen LogP contribution in [-0.4, -0.2) is 158 Å². The molecule has 3 aliphatic heterocycles. The van der Waals surface area contributed by atoms with Gasteiger partial charge in [0.25, 0.3) is 0 Å². The van der Waals surface area contributed by atoms with E-state index in [2.05, 4.69) is 0 Å². The topological polar surface area (TPSA) is 201 Å². The number of allylic oxidation sites excluding steroid dienone is 3. The molecule has 2 fully saturated rings. The largest absolute Gasteiger partial charge is 0.494 e. The number of para-hydroxylation sites is 1. The number of carbonyl (C=O) groups is 2. The molecule has 16 nitrogen and oxygen atoms in total. The van der Waals surface area contributed by atoms with Crippen molar-refractivity contribution in [1.82, 2.24) is 4.90 Å². The molecule has 2 saturated heterocycles. The number of carbonyl (C=O) groups excluding carboxylic acids is 2. The van der Waals surface area contributed by atoms with Crippen LogP contribution in [0.2, 0.25) is 0 Å². The average molecular weight is 942 g/mol. The van der Waals surface area contributed by atoms with Crippen LogP contribution in [0.4, 0.5) is 0 Å². The number of ether oxygens (including phenoxy) is 9. The smallest absolute Gasteiger partial charge is 0.308 e. The van der Waals surface area contributed by atoms with Crippen molar-refractivity contribution in [2.45, 2.75) is 147 Å². The maximum absolute atomic E-state index is 14.0. The Morgan fingerprint density at radius 3 is 2.03 bits per heavy atom. The van der Waals surface area contributed by atoms with Crippen molar-refractivity contribution in [3.05, 3.63) is 78.4 Å². The molecule has 2 aromatic rings. The Morgan fingerprint density at radius 2 is 1.39 bits per heavy atom. The number of cyclic esters (lactones) is 1. The number of nitrogens with zero attached hydrogens (tertiary/aromatic N) is 1. The number of benzene rings is 2. The maximum Gasteiger partial charge on any atom is 0.308 e. The first-order valence-corrected chi connectivity index (χ1v) is 23.5. The minimum absolute atomic E-state index is 0.0140. The van der Waals surface area contributed by atoms with Gasteiger partial charge in [0.1, 0.15) is 47.8 Å². The van der Waals surface area contributed by atoms with E-state index in [1.54, 1.807) is 58.0 Å². The maximum atomic E-state index is 14.0. The summed E-state index contributed by atoms with van der Waals surface area (Å²) in [6, 6.07) is 15.9. The Morgan fingerprint density at radius 1 is 0.761 bits per heavy atom. The molecular weight excluding hydrogens is 867 g/mol. The summed E-state index contributed by atoms with van der Waals surface area (Å²) in [5, 5.41) is 45.3. The third kappa shape index (κ3) is 14.6. The second kappa shape index (κ2) is 25.7. The van der Waals surface area contributed by atoms with Crippen LogP contribution in [0, 0.1) is 23.7 Å². The SMILES string of the molecule is CC[C@H]1OC(=O)C[C@@H](O)[C@H](C)[C@@H](O[C@@H]2O[C@H](C)[C@@H](O)[C@H](N(C)C)[C@H]2O)[C@@H](CCOc2ccc(Oc3ccccc3)cc2)C[C@@H](C)C(=O)/C=C/C(C)=C/[C@@H]1CO[C@@H]1O[C@H](C)[C@@H](O)[C@@H](OC)[C@H]1OC. The fourth-order valence-electron chi connectivity index (χ4n) is 9.24. The van der Waals surface area contributed by atoms with Crippen LogP contribution >= 0.6 is 0 Å². The number of hydrogen-bond acceptors (Lipinski definition) is 16. The van der Waals surface area contributed by atoms with Gasteiger partial charge in [-0.2, -0.15) is 0 Å². The molecule has 0 spiro atoms. The summed E-state index contributed by atoms with van der Waals surface area (Å²) in [4.78, 5) is 29.6. The third-order valence-corrected chi connectivity index (χ3v) is 13.3. The summed E-state index contributed by atoms with van der Waals surface area (Å²) in [5.41, 5.74) is 0.720. The molecule has 16 heteroatoms. The normalized spacial score (nSPS) is 37.3. The van der Waals surface area contributed by atoms with Gasteiger partial charge in [-0.3, -0.25) is 9.59 Å². The first kappa shape index (κ1) is 54.2. The predicted octanol–water partition coefficient (Wildman–Crippen LogP) is 5.23. The van der Waals surface area contributed by atoms with Crippen molar-refractivity contribution >= 4 is 11.8 Å². The standard InChI is InChI=1S/C51H75NO15/c1-11-41-35(28-62-51-49(60-10)48(59-9)45(57)33(6)64-51)25-29(2)17-22-39(53)30(3)26-34(23-24-61-36-18-20-38(21-19-36)65-37-15-13-12-14-16-37)47(31(4)40(54)27-42(55)66-41)67-50-46(58)43(52(7)8)44(56)32(5)63-50/h12-22,25,30-35,40-41,43-51,54,56-58H,11,23-24,26-28H2,1-10H3/b22-17+,29-25+/t30-,31+,32-,33-,34+,35-,40-,41-,43+,44-,45-,46-,47-,48-,49-,50+,51-/m1/s1. The minimum atomic E-state index is -1.30. The number of hydrogen-bond donors (Lipinski definition) is 4. The van der Waals surface area contributed by atoms with Gasteiger partial charge in [-0.25, -0.2) is 0 Å². The fourth-order valence-corrected chi connectivity index (χ4v) is 9.24. The summed E-state index contributed by atoms with van der Waals surface area (Å²) >= 11 is 0. The molecule has 0 radical (unpaired) electrons. The van der Waals surface area contributed by atoms with Crippen molar-refractivity contribution < 1.29 is 72.6 Å². The van der Waals surface area contributed by atoms with E-state index in [0.29, 0.717) is 30.1 Å². The summed E-state index contributed by atoms with van der Waals surface area (Å²) in [6.45, 7) is 10.9. The number of aliphatic hydroxyl groups is 4. The molecule has 0 aromatic heterocycles. The van der Waals surface area contributed by atoms with E-state index in [4.69, 9.17) is 42.6 Å². The molecule has 4 N–H and O–H groups in total. The van der Waals surface area contributed by atoms with Gasteiger partial charge < -0.3 is 68.0 Å². The molecule has 67 heavy (non-hydrogen) atoms. The lowest BCUT2D eigenvalue weighted by Gasteiger charge is -2.46. The number of ketones is 1. The Bertz CT molecular complexity index is 1880. The monoisotopic (exact) mass is 942 g/mol. The van der Waals surface area contributed by atoms with Gasteiger partial charge in [-0.1, -0.05) is 56.7 Å². The fraction of sp³-hybridized carbons (Fsp3) is 0.647. The zero-order chi connectivity index (χ0) is 48.9. The van der Waals surface area contributed by atoms with Gasteiger partial charge >= 0.3 is 5.97 Å². The van der Waals surface area contributed by atoms with Crippen molar-refractivity contribution in [3.8, 4) is 17.2 Å². The van der Waals surface area contributed by atoms with E-state index in [-0.39, 0.29) is 25.4 Å².